The quantitative estimate of drug-likeness (QED) is 0.642. The topological polar surface area (TPSA) is 46.5 Å². The van der Waals surface area contributed by atoms with Crippen LogP contribution in [0.5, 0.6) is 0 Å². The van der Waals surface area contributed by atoms with Crippen molar-refractivity contribution < 1.29 is 14.6 Å². The Balaban J connectivity index is 2.26. The summed E-state index contributed by atoms with van der Waals surface area (Å²) in [5.74, 6) is -0.274. The van der Waals surface area contributed by atoms with Crippen LogP contribution in [0.15, 0.2) is 0 Å². The van der Waals surface area contributed by atoms with Crippen molar-refractivity contribution in [1.29, 1.82) is 0 Å². The maximum absolute atomic E-state index is 10.5. The molecule has 0 radical (unpaired) electrons. The van der Waals surface area contributed by atoms with E-state index in [-0.39, 0.29) is 5.92 Å². The van der Waals surface area contributed by atoms with Crippen molar-refractivity contribution in [3.8, 4) is 0 Å². The lowest BCUT2D eigenvalue weighted by molar-refractivity contribution is -0.151. The van der Waals surface area contributed by atoms with Gasteiger partial charge in [0.2, 0.25) is 0 Å². The lowest BCUT2D eigenvalue weighted by Gasteiger charge is -2.10. The van der Waals surface area contributed by atoms with Gasteiger partial charge in [-0.05, 0) is 18.8 Å². The summed E-state index contributed by atoms with van der Waals surface area (Å²) in [7, 11) is 0. The standard InChI is InChI=1S/C7H11ClO3/c8-3-4-11-6(7(9)10)5-1-2-5/h5-6H,1-4H2,(H,9,10). The summed E-state index contributed by atoms with van der Waals surface area (Å²) in [6, 6.07) is 0. The monoisotopic (exact) mass is 178 g/mol. The molecule has 0 aromatic heterocycles. The molecule has 0 aromatic carbocycles. The van der Waals surface area contributed by atoms with E-state index in [4.69, 9.17) is 21.4 Å². The second-order valence-corrected chi connectivity index (χ2v) is 3.03. The van der Waals surface area contributed by atoms with Crippen LogP contribution >= 0.6 is 11.6 Å². The number of hydrogen-bond acceptors (Lipinski definition) is 2. The highest BCUT2D eigenvalue weighted by atomic mass is 35.5. The first-order valence-electron chi connectivity index (χ1n) is 3.66. The van der Waals surface area contributed by atoms with E-state index in [1.54, 1.807) is 0 Å². The summed E-state index contributed by atoms with van der Waals surface area (Å²) in [5, 5.41) is 8.64. The Labute approximate surface area is 70.3 Å². The third-order valence-corrected chi connectivity index (χ3v) is 1.82. The van der Waals surface area contributed by atoms with E-state index in [0.717, 1.165) is 12.8 Å². The molecule has 1 aliphatic carbocycles. The average Bonchev–Trinajstić information content (AvgIpc) is 2.71. The summed E-state index contributed by atoms with van der Waals surface area (Å²) in [6.45, 7) is 0.328. The molecule has 0 bridgehead atoms. The highest BCUT2D eigenvalue weighted by Gasteiger charge is 2.36. The van der Waals surface area contributed by atoms with Crippen LogP contribution in [0, 0.1) is 5.92 Å². The number of rotatable bonds is 5. The van der Waals surface area contributed by atoms with Gasteiger partial charge in [-0.2, -0.15) is 0 Å². The van der Waals surface area contributed by atoms with Gasteiger partial charge in [-0.3, -0.25) is 0 Å². The molecule has 1 rings (SSSR count). The minimum Gasteiger partial charge on any atom is -0.479 e. The Hall–Kier alpha value is -0.280. The van der Waals surface area contributed by atoms with Gasteiger partial charge in [0.15, 0.2) is 6.10 Å². The molecular weight excluding hydrogens is 168 g/mol. The van der Waals surface area contributed by atoms with Gasteiger partial charge in [0.25, 0.3) is 0 Å². The zero-order valence-corrected chi connectivity index (χ0v) is 6.88. The maximum Gasteiger partial charge on any atom is 0.333 e. The molecule has 4 heteroatoms. The number of carboxylic acids is 1. The van der Waals surface area contributed by atoms with Gasteiger partial charge >= 0.3 is 5.97 Å². The van der Waals surface area contributed by atoms with Crippen LogP contribution < -0.4 is 0 Å². The van der Waals surface area contributed by atoms with Gasteiger partial charge in [0, 0.05) is 5.88 Å². The molecule has 1 saturated carbocycles. The number of alkyl halides is 1. The SMILES string of the molecule is O=C(O)C(OCCCl)C1CC1. The third-order valence-electron chi connectivity index (χ3n) is 1.67. The summed E-state index contributed by atoms with van der Waals surface area (Å²) in [6.07, 6.45) is 1.33. The van der Waals surface area contributed by atoms with E-state index in [9.17, 15) is 4.79 Å². The second-order valence-electron chi connectivity index (χ2n) is 2.66. The van der Waals surface area contributed by atoms with Crippen molar-refractivity contribution >= 4 is 17.6 Å². The highest BCUT2D eigenvalue weighted by Crippen LogP contribution is 2.34. The molecule has 0 aliphatic heterocycles. The molecular formula is C7H11ClO3. The van der Waals surface area contributed by atoms with Crippen LogP contribution in [-0.4, -0.2) is 29.7 Å². The van der Waals surface area contributed by atoms with Crippen molar-refractivity contribution in [3.05, 3.63) is 0 Å². The van der Waals surface area contributed by atoms with Crippen LogP contribution in [0.2, 0.25) is 0 Å². The summed E-state index contributed by atoms with van der Waals surface area (Å²) in [5.41, 5.74) is 0. The maximum atomic E-state index is 10.5. The lowest BCUT2D eigenvalue weighted by Crippen LogP contribution is -2.26. The van der Waals surface area contributed by atoms with Crippen LogP contribution in [-0.2, 0) is 9.53 Å². The number of aliphatic carboxylic acids is 1. The van der Waals surface area contributed by atoms with Crippen molar-refractivity contribution in [2.75, 3.05) is 12.5 Å². The van der Waals surface area contributed by atoms with Crippen LogP contribution in [0.25, 0.3) is 0 Å². The zero-order chi connectivity index (χ0) is 8.27. The van der Waals surface area contributed by atoms with Gasteiger partial charge in [-0.25, -0.2) is 4.79 Å². The minimum absolute atomic E-state index is 0.232. The molecule has 0 aromatic rings. The molecule has 0 amide bonds. The number of carboxylic acid groups (broad SMARTS) is 1. The first-order valence-corrected chi connectivity index (χ1v) is 4.19. The molecule has 1 atom stereocenters. The first kappa shape index (κ1) is 8.81. The summed E-state index contributed by atoms with van der Waals surface area (Å²) in [4.78, 5) is 10.5. The molecule has 64 valence electrons. The number of carbonyl (C=O) groups is 1. The summed E-state index contributed by atoms with van der Waals surface area (Å²) < 4.78 is 5.05. The number of ether oxygens (including phenoxy) is 1. The van der Waals surface area contributed by atoms with E-state index in [0.29, 0.717) is 12.5 Å². The van der Waals surface area contributed by atoms with Crippen molar-refractivity contribution in [1.82, 2.24) is 0 Å². The van der Waals surface area contributed by atoms with E-state index < -0.39 is 12.1 Å². The zero-order valence-electron chi connectivity index (χ0n) is 6.12. The Morgan fingerprint density at radius 1 is 1.73 bits per heavy atom. The molecule has 1 N–H and O–H groups in total. The van der Waals surface area contributed by atoms with Gasteiger partial charge in [-0.15, -0.1) is 11.6 Å². The lowest BCUT2D eigenvalue weighted by atomic mass is 10.2. The van der Waals surface area contributed by atoms with Gasteiger partial charge < -0.3 is 9.84 Å². The van der Waals surface area contributed by atoms with Crippen LogP contribution in [0.4, 0.5) is 0 Å². The van der Waals surface area contributed by atoms with E-state index >= 15 is 0 Å². The Morgan fingerprint density at radius 3 is 2.73 bits per heavy atom. The molecule has 3 nitrogen and oxygen atoms in total. The molecule has 1 aliphatic rings. The first-order chi connectivity index (χ1) is 5.25. The fourth-order valence-corrected chi connectivity index (χ4v) is 1.07. The van der Waals surface area contributed by atoms with E-state index in [2.05, 4.69) is 0 Å². The van der Waals surface area contributed by atoms with Gasteiger partial charge in [0.1, 0.15) is 0 Å². The van der Waals surface area contributed by atoms with Crippen LogP contribution in [0.3, 0.4) is 0 Å². The van der Waals surface area contributed by atoms with Crippen molar-refractivity contribution in [3.63, 3.8) is 0 Å². The summed E-state index contributed by atoms with van der Waals surface area (Å²) >= 11 is 5.36. The Kier molecular flexibility index (Phi) is 3.15. The van der Waals surface area contributed by atoms with Gasteiger partial charge in [-0.1, -0.05) is 0 Å². The van der Waals surface area contributed by atoms with Crippen molar-refractivity contribution in [2.24, 2.45) is 5.92 Å². The fourth-order valence-electron chi connectivity index (χ4n) is 0.979. The highest BCUT2D eigenvalue weighted by molar-refractivity contribution is 6.17. The molecule has 1 fully saturated rings. The molecule has 0 saturated heterocycles. The molecule has 1 unspecified atom stereocenters. The smallest absolute Gasteiger partial charge is 0.333 e. The fraction of sp³-hybridized carbons (Fsp3) is 0.857. The van der Waals surface area contributed by atoms with Crippen LogP contribution in [0.1, 0.15) is 12.8 Å². The number of halogens is 1. The Morgan fingerprint density at radius 2 is 2.36 bits per heavy atom. The normalized spacial score (nSPS) is 19.7. The average molecular weight is 179 g/mol. The van der Waals surface area contributed by atoms with Gasteiger partial charge in [0.05, 0.1) is 6.61 Å². The number of hydrogen-bond donors (Lipinski definition) is 1. The largest absolute Gasteiger partial charge is 0.479 e. The predicted octanol–water partition coefficient (Wildman–Crippen LogP) is 1.10. The van der Waals surface area contributed by atoms with Crippen molar-refractivity contribution in [2.45, 2.75) is 18.9 Å². The third kappa shape index (κ3) is 2.67. The Bertz CT molecular complexity index is 145. The second kappa shape index (κ2) is 3.93. The molecule has 11 heavy (non-hydrogen) atoms. The van der Waals surface area contributed by atoms with E-state index in [1.165, 1.54) is 0 Å². The molecule has 0 spiro atoms. The molecule has 0 heterocycles. The minimum atomic E-state index is -0.863. The van der Waals surface area contributed by atoms with E-state index in [1.807, 2.05) is 0 Å². The predicted molar refractivity (Wildman–Crippen MR) is 40.8 cm³/mol.